The molecule has 1 aliphatic rings. The van der Waals surface area contributed by atoms with Gasteiger partial charge in [-0.15, -0.1) is 0 Å². The first-order chi connectivity index (χ1) is 13.8. The Hall–Kier alpha value is -2.29. The number of hydrogen-bond acceptors (Lipinski definition) is 5. The third-order valence-electron chi connectivity index (χ3n) is 4.64. The van der Waals surface area contributed by atoms with E-state index in [9.17, 15) is 13.2 Å². The fourth-order valence-electron chi connectivity index (χ4n) is 3.04. The Morgan fingerprint density at radius 3 is 2.48 bits per heavy atom. The summed E-state index contributed by atoms with van der Waals surface area (Å²) in [6.45, 7) is 2.58. The Kier molecular flexibility index (Phi) is 6.66. The maximum Gasteiger partial charge on any atom is 0.265 e. The monoisotopic (exact) mass is 438 g/mol. The van der Waals surface area contributed by atoms with Gasteiger partial charge in [-0.2, -0.15) is 4.31 Å². The van der Waals surface area contributed by atoms with E-state index < -0.39 is 22.0 Å². The van der Waals surface area contributed by atoms with Gasteiger partial charge in [-0.25, -0.2) is 8.42 Å². The molecule has 2 aromatic rings. The molecule has 7 nitrogen and oxygen atoms in total. The molecule has 0 radical (unpaired) electrons. The van der Waals surface area contributed by atoms with Crippen LogP contribution in [0.5, 0.6) is 11.5 Å². The van der Waals surface area contributed by atoms with E-state index in [2.05, 4.69) is 5.32 Å². The molecular formula is C20H23ClN2O5S. The second kappa shape index (κ2) is 9.02. The van der Waals surface area contributed by atoms with Gasteiger partial charge in [-0.1, -0.05) is 23.7 Å². The number of anilines is 1. The topological polar surface area (TPSA) is 84.9 Å². The minimum Gasteiger partial charge on any atom is -0.495 e. The van der Waals surface area contributed by atoms with Crippen LogP contribution in [0.4, 0.5) is 5.69 Å². The minimum absolute atomic E-state index is 0.107. The SMILES string of the molecule is COc1ccc(S(=O)(=O)N2CCCC2)cc1NC(=O)[C@H](C)Oc1ccccc1Cl. The Morgan fingerprint density at radius 1 is 1.14 bits per heavy atom. The summed E-state index contributed by atoms with van der Waals surface area (Å²) in [5.41, 5.74) is 0.257. The van der Waals surface area contributed by atoms with Gasteiger partial charge in [0.05, 0.1) is 22.7 Å². The predicted molar refractivity (Wildman–Crippen MR) is 111 cm³/mol. The molecule has 1 N–H and O–H groups in total. The maximum absolute atomic E-state index is 12.8. The summed E-state index contributed by atoms with van der Waals surface area (Å²) in [5.74, 6) is 0.275. The number of sulfonamides is 1. The second-order valence-corrected chi connectivity index (χ2v) is 9.00. The van der Waals surface area contributed by atoms with Crippen LogP contribution in [-0.2, 0) is 14.8 Å². The third-order valence-corrected chi connectivity index (χ3v) is 6.85. The van der Waals surface area contributed by atoms with E-state index in [1.807, 2.05) is 0 Å². The van der Waals surface area contributed by atoms with E-state index in [0.717, 1.165) is 12.8 Å². The number of amides is 1. The summed E-state index contributed by atoms with van der Waals surface area (Å²) in [6.07, 6.45) is 0.824. The van der Waals surface area contributed by atoms with Crippen molar-refractivity contribution in [1.29, 1.82) is 0 Å². The highest BCUT2D eigenvalue weighted by Gasteiger charge is 2.28. The maximum atomic E-state index is 12.8. The molecule has 0 unspecified atom stereocenters. The normalized spacial score (nSPS) is 15.7. The van der Waals surface area contributed by atoms with Gasteiger partial charge >= 0.3 is 0 Å². The lowest BCUT2D eigenvalue weighted by atomic mass is 10.2. The fourth-order valence-corrected chi connectivity index (χ4v) is 4.77. The summed E-state index contributed by atoms with van der Waals surface area (Å²) in [6, 6.07) is 11.3. The number of benzene rings is 2. The molecule has 9 heteroatoms. The van der Waals surface area contributed by atoms with Crippen molar-refractivity contribution in [2.45, 2.75) is 30.8 Å². The van der Waals surface area contributed by atoms with Crippen LogP contribution >= 0.6 is 11.6 Å². The number of halogens is 1. The summed E-state index contributed by atoms with van der Waals surface area (Å²) < 4.78 is 38.0. The van der Waals surface area contributed by atoms with Crippen LogP contribution in [0.1, 0.15) is 19.8 Å². The number of nitrogens with one attached hydrogen (secondary N) is 1. The number of para-hydroxylation sites is 1. The molecule has 0 bridgehead atoms. The molecule has 0 aliphatic carbocycles. The summed E-state index contributed by atoms with van der Waals surface area (Å²) in [5, 5.41) is 3.08. The molecule has 1 atom stereocenters. The molecule has 156 valence electrons. The van der Waals surface area contributed by atoms with E-state index in [1.54, 1.807) is 31.2 Å². The van der Waals surface area contributed by atoms with Gasteiger partial charge in [0.2, 0.25) is 10.0 Å². The van der Waals surface area contributed by atoms with E-state index in [4.69, 9.17) is 21.1 Å². The molecule has 0 saturated carbocycles. The average Bonchev–Trinajstić information content (AvgIpc) is 3.25. The van der Waals surface area contributed by atoms with Crippen LogP contribution in [0.15, 0.2) is 47.4 Å². The molecule has 1 amide bonds. The van der Waals surface area contributed by atoms with Crippen molar-refractivity contribution in [3.05, 3.63) is 47.5 Å². The molecule has 1 saturated heterocycles. The first-order valence-corrected chi connectivity index (χ1v) is 11.0. The molecular weight excluding hydrogens is 416 g/mol. The molecule has 1 aliphatic heterocycles. The Morgan fingerprint density at radius 2 is 1.83 bits per heavy atom. The van der Waals surface area contributed by atoms with Crippen molar-refractivity contribution in [3.8, 4) is 11.5 Å². The molecule has 1 fully saturated rings. The van der Waals surface area contributed by atoms with Crippen LogP contribution < -0.4 is 14.8 Å². The van der Waals surface area contributed by atoms with Crippen molar-refractivity contribution in [1.82, 2.24) is 4.31 Å². The van der Waals surface area contributed by atoms with Crippen LogP contribution in [0.2, 0.25) is 5.02 Å². The van der Waals surface area contributed by atoms with E-state index >= 15 is 0 Å². The summed E-state index contributed by atoms with van der Waals surface area (Å²) in [7, 11) is -2.17. The van der Waals surface area contributed by atoms with Gasteiger partial charge in [0.15, 0.2) is 6.10 Å². The highest BCUT2D eigenvalue weighted by Crippen LogP contribution is 2.31. The van der Waals surface area contributed by atoms with E-state index in [1.165, 1.54) is 29.6 Å². The molecule has 29 heavy (non-hydrogen) atoms. The lowest BCUT2D eigenvalue weighted by molar-refractivity contribution is -0.122. The molecule has 3 rings (SSSR count). The quantitative estimate of drug-likeness (QED) is 0.714. The van der Waals surface area contributed by atoms with Crippen LogP contribution in [0.3, 0.4) is 0 Å². The summed E-state index contributed by atoms with van der Waals surface area (Å²) in [4.78, 5) is 12.7. The highest BCUT2D eigenvalue weighted by atomic mass is 35.5. The van der Waals surface area contributed by atoms with Gasteiger partial charge in [-0.3, -0.25) is 4.79 Å². The smallest absolute Gasteiger partial charge is 0.265 e. The number of carbonyl (C=O) groups excluding carboxylic acids is 1. The predicted octanol–water partition coefficient (Wildman–Crippen LogP) is 3.54. The zero-order chi connectivity index (χ0) is 21.0. The highest BCUT2D eigenvalue weighted by molar-refractivity contribution is 7.89. The third kappa shape index (κ3) is 4.83. The van der Waals surface area contributed by atoms with E-state index in [0.29, 0.717) is 29.6 Å². The minimum atomic E-state index is -3.62. The second-order valence-electron chi connectivity index (χ2n) is 6.65. The van der Waals surface area contributed by atoms with Crippen LogP contribution in [0, 0.1) is 0 Å². The van der Waals surface area contributed by atoms with Crippen molar-refractivity contribution >= 4 is 33.2 Å². The summed E-state index contributed by atoms with van der Waals surface area (Å²) >= 11 is 6.07. The number of nitrogens with zero attached hydrogens (tertiary/aromatic N) is 1. The number of rotatable bonds is 7. The van der Waals surface area contributed by atoms with Gasteiger partial charge < -0.3 is 14.8 Å². The lowest BCUT2D eigenvalue weighted by Gasteiger charge is -2.19. The van der Waals surface area contributed by atoms with Gasteiger partial charge in [0.1, 0.15) is 11.5 Å². The molecule has 1 heterocycles. The molecule has 0 spiro atoms. The van der Waals surface area contributed by atoms with Crippen LogP contribution in [-0.4, -0.2) is 44.9 Å². The largest absolute Gasteiger partial charge is 0.495 e. The average molecular weight is 439 g/mol. The zero-order valence-corrected chi connectivity index (χ0v) is 17.8. The van der Waals surface area contributed by atoms with Gasteiger partial charge in [0, 0.05) is 13.1 Å². The van der Waals surface area contributed by atoms with Crippen molar-refractivity contribution in [2.75, 3.05) is 25.5 Å². The standard InChI is InChI=1S/C20H23ClN2O5S/c1-14(28-18-8-4-3-7-16(18)21)20(24)22-17-13-15(9-10-19(17)27-2)29(25,26)23-11-5-6-12-23/h3-4,7-10,13-14H,5-6,11-12H2,1-2H3,(H,22,24)/t14-/m0/s1. The number of methoxy groups -OCH3 is 1. The fraction of sp³-hybridized carbons (Fsp3) is 0.350. The first kappa shape index (κ1) is 21.4. The Bertz CT molecular complexity index is 990. The number of hydrogen-bond donors (Lipinski definition) is 1. The number of ether oxygens (including phenoxy) is 2. The molecule has 2 aromatic carbocycles. The van der Waals surface area contributed by atoms with Crippen molar-refractivity contribution < 1.29 is 22.7 Å². The van der Waals surface area contributed by atoms with Crippen LogP contribution in [0.25, 0.3) is 0 Å². The van der Waals surface area contributed by atoms with E-state index in [-0.39, 0.29) is 10.6 Å². The number of carbonyl (C=O) groups is 1. The Labute approximate surface area is 175 Å². The van der Waals surface area contributed by atoms with Crippen molar-refractivity contribution in [2.24, 2.45) is 0 Å². The lowest BCUT2D eigenvalue weighted by Crippen LogP contribution is -2.31. The Balaban J connectivity index is 1.80. The van der Waals surface area contributed by atoms with Gasteiger partial charge in [-0.05, 0) is 50.1 Å². The van der Waals surface area contributed by atoms with Gasteiger partial charge in [0.25, 0.3) is 5.91 Å². The van der Waals surface area contributed by atoms with Crippen molar-refractivity contribution in [3.63, 3.8) is 0 Å². The zero-order valence-electron chi connectivity index (χ0n) is 16.2. The first-order valence-electron chi connectivity index (χ1n) is 9.23. The molecule has 0 aromatic heterocycles.